The number of anilines is 1. The van der Waals surface area contributed by atoms with E-state index in [9.17, 15) is 5.11 Å². The number of aliphatic hydroxyl groups is 1. The van der Waals surface area contributed by atoms with Gasteiger partial charge in [0, 0.05) is 68.7 Å². The van der Waals surface area contributed by atoms with Crippen LogP contribution in [0.2, 0.25) is 5.02 Å². The molecule has 1 N–H and O–H groups in total. The smallest absolute Gasteiger partial charge is 0.0446 e. The van der Waals surface area contributed by atoms with E-state index in [-0.39, 0.29) is 6.61 Å². The first-order valence-electron chi connectivity index (χ1n) is 10.9. The van der Waals surface area contributed by atoms with E-state index >= 15 is 0 Å². The monoisotopic (exact) mass is 413 g/mol. The highest BCUT2D eigenvalue weighted by Gasteiger charge is 2.32. The summed E-state index contributed by atoms with van der Waals surface area (Å²) in [5.74, 6) is 0. The molecule has 0 aromatic heterocycles. The molecule has 156 valence electrons. The summed E-state index contributed by atoms with van der Waals surface area (Å²) >= 11 is 6.03. The van der Waals surface area contributed by atoms with Crippen LogP contribution in [0.5, 0.6) is 0 Å². The van der Waals surface area contributed by atoms with Crippen molar-refractivity contribution in [3.05, 3.63) is 65.2 Å². The van der Waals surface area contributed by atoms with Gasteiger partial charge in [-0.3, -0.25) is 9.80 Å². The number of aliphatic hydroxyl groups excluding tert-OH is 1. The van der Waals surface area contributed by atoms with Gasteiger partial charge in [-0.05, 0) is 49.1 Å². The fourth-order valence-corrected chi connectivity index (χ4v) is 4.96. The van der Waals surface area contributed by atoms with Crippen LogP contribution in [0.15, 0.2) is 54.6 Å². The van der Waals surface area contributed by atoms with Gasteiger partial charge < -0.3 is 10.0 Å². The van der Waals surface area contributed by atoms with E-state index in [1.54, 1.807) is 0 Å². The minimum absolute atomic E-state index is 0.263. The molecule has 2 saturated heterocycles. The van der Waals surface area contributed by atoms with E-state index < -0.39 is 0 Å². The maximum Gasteiger partial charge on any atom is 0.0446 e. The van der Waals surface area contributed by atoms with Crippen LogP contribution < -0.4 is 4.90 Å². The zero-order chi connectivity index (χ0) is 20.1. The molecule has 4 rings (SSSR count). The molecule has 2 fully saturated rings. The molecule has 0 radical (unpaired) electrons. The van der Waals surface area contributed by atoms with Gasteiger partial charge in [0.15, 0.2) is 0 Å². The van der Waals surface area contributed by atoms with Crippen molar-refractivity contribution in [3.8, 4) is 0 Å². The summed E-state index contributed by atoms with van der Waals surface area (Å²) in [5, 5.41) is 10.4. The SMILES string of the molecule is OCC[C@@H]1CN(C2CCN(c3ccc(Cl)cc3)CC2)CCN1Cc1ccccc1. The van der Waals surface area contributed by atoms with Crippen LogP contribution in [0, 0.1) is 0 Å². The molecule has 1 atom stereocenters. The van der Waals surface area contributed by atoms with Gasteiger partial charge in [0.25, 0.3) is 0 Å². The van der Waals surface area contributed by atoms with E-state index in [0.717, 1.165) is 50.7 Å². The van der Waals surface area contributed by atoms with Crippen molar-refractivity contribution in [1.82, 2.24) is 9.80 Å². The summed E-state index contributed by atoms with van der Waals surface area (Å²) in [4.78, 5) is 7.72. The Kier molecular flexibility index (Phi) is 7.09. The summed E-state index contributed by atoms with van der Waals surface area (Å²) in [5.41, 5.74) is 2.64. The molecule has 0 bridgehead atoms. The molecule has 5 heteroatoms. The molecule has 0 aliphatic carbocycles. The highest BCUT2D eigenvalue weighted by Crippen LogP contribution is 2.26. The number of piperidine rings is 1. The highest BCUT2D eigenvalue weighted by atomic mass is 35.5. The number of benzene rings is 2. The summed E-state index contributed by atoms with van der Waals surface area (Å²) in [6.45, 7) is 6.71. The topological polar surface area (TPSA) is 30.0 Å². The zero-order valence-corrected chi connectivity index (χ0v) is 17.8. The Morgan fingerprint density at radius 3 is 2.31 bits per heavy atom. The number of rotatable bonds is 6. The van der Waals surface area contributed by atoms with Crippen molar-refractivity contribution in [2.75, 3.05) is 44.2 Å². The second kappa shape index (κ2) is 9.94. The van der Waals surface area contributed by atoms with Crippen molar-refractivity contribution >= 4 is 17.3 Å². The predicted octanol–water partition coefficient (Wildman–Crippen LogP) is 3.88. The molecule has 2 aromatic carbocycles. The average Bonchev–Trinajstić information content (AvgIpc) is 2.77. The third-order valence-corrected chi connectivity index (χ3v) is 6.75. The second-order valence-corrected chi connectivity index (χ2v) is 8.75. The zero-order valence-electron chi connectivity index (χ0n) is 17.1. The molecular formula is C24H32ClN3O. The molecule has 0 saturated carbocycles. The lowest BCUT2D eigenvalue weighted by molar-refractivity contribution is 0.0254. The van der Waals surface area contributed by atoms with Crippen LogP contribution in [0.4, 0.5) is 5.69 Å². The number of piperazine rings is 1. The van der Waals surface area contributed by atoms with Gasteiger partial charge in [0.2, 0.25) is 0 Å². The first kappa shape index (κ1) is 20.7. The summed E-state index contributed by atoms with van der Waals surface area (Å²) in [6.07, 6.45) is 3.26. The highest BCUT2D eigenvalue weighted by molar-refractivity contribution is 6.30. The molecule has 4 nitrogen and oxygen atoms in total. The molecule has 2 aliphatic rings. The fraction of sp³-hybridized carbons (Fsp3) is 0.500. The largest absolute Gasteiger partial charge is 0.396 e. The maximum atomic E-state index is 9.62. The van der Waals surface area contributed by atoms with E-state index in [4.69, 9.17) is 11.6 Å². The van der Waals surface area contributed by atoms with Crippen molar-refractivity contribution < 1.29 is 5.11 Å². The first-order valence-corrected chi connectivity index (χ1v) is 11.2. The minimum Gasteiger partial charge on any atom is -0.396 e. The third-order valence-electron chi connectivity index (χ3n) is 6.50. The molecule has 0 unspecified atom stereocenters. The lowest BCUT2D eigenvalue weighted by atomic mass is 9.99. The first-order chi connectivity index (χ1) is 14.2. The predicted molar refractivity (Wildman–Crippen MR) is 121 cm³/mol. The van der Waals surface area contributed by atoms with Gasteiger partial charge >= 0.3 is 0 Å². The van der Waals surface area contributed by atoms with Crippen molar-refractivity contribution in [3.63, 3.8) is 0 Å². The van der Waals surface area contributed by atoms with Crippen molar-refractivity contribution in [2.24, 2.45) is 0 Å². The standard InChI is InChI=1S/C24H32ClN3O/c25-21-6-8-22(9-7-21)26-13-10-23(11-14-26)28-16-15-27(24(19-28)12-17-29)18-20-4-2-1-3-5-20/h1-9,23-24,29H,10-19H2/t24-/m1/s1. The molecule has 29 heavy (non-hydrogen) atoms. The van der Waals surface area contributed by atoms with Crippen LogP contribution in [-0.4, -0.2) is 66.3 Å². The second-order valence-electron chi connectivity index (χ2n) is 8.31. The Balaban J connectivity index is 1.32. The summed E-state index contributed by atoms with van der Waals surface area (Å²) < 4.78 is 0. The fourth-order valence-electron chi connectivity index (χ4n) is 4.84. The molecule has 0 spiro atoms. The van der Waals surface area contributed by atoms with Crippen LogP contribution in [0.1, 0.15) is 24.8 Å². The molecule has 2 aliphatic heterocycles. The van der Waals surface area contributed by atoms with Gasteiger partial charge in [-0.2, -0.15) is 0 Å². The average molecular weight is 414 g/mol. The molecule has 2 aromatic rings. The Morgan fingerprint density at radius 1 is 0.897 bits per heavy atom. The van der Waals surface area contributed by atoms with Crippen LogP contribution in [0.3, 0.4) is 0 Å². The van der Waals surface area contributed by atoms with Gasteiger partial charge in [0.05, 0.1) is 0 Å². The number of hydrogen-bond acceptors (Lipinski definition) is 4. The Morgan fingerprint density at radius 2 is 1.62 bits per heavy atom. The minimum atomic E-state index is 0.263. The van der Waals surface area contributed by atoms with E-state index in [1.165, 1.54) is 24.1 Å². The van der Waals surface area contributed by atoms with Crippen LogP contribution in [0.25, 0.3) is 0 Å². The summed E-state index contributed by atoms with van der Waals surface area (Å²) in [6, 6.07) is 20.0. The number of nitrogens with zero attached hydrogens (tertiary/aromatic N) is 3. The van der Waals surface area contributed by atoms with E-state index in [1.807, 2.05) is 12.1 Å². The Bertz CT molecular complexity index is 746. The van der Waals surface area contributed by atoms with E-state index in [2.05, 4.69) is 57.2 Å². The Labute approximate surface area is 179 Å². The van der Waals surface area contributed by atoms with Crippen molar-refractivity contribution in [1.29, 1.82) is 0 Å². The van der Waals surface area contributed by atoms with Gasteiger partial charge in [-0.15, -0.1) is 0 Å². The maximum absolute atomic E-state index is 9.62. The normalized spacial score (nSPS) is 22.1. The summed E-state index contributed by atoms with van der Waals surface area (Å²) in [7, 11) is 0. The van der Waals surface area contributed by atoms with Gasteiger partial charge in [-0.25, -0.2) is 0 Å². The van der Waals surface area contributed by atoms with Crippen molar-refractivity contribution in [2.45, 2.75) is 37.9 Å². The number of hydrogen-bond donors (Lipinski definition) is 1. The third kappa shape index (κ3) is 5.32. The molecule has 2 heterocycles. The lowest BCUT2D eigenvalue weighted by Crippen LogP contribution is -2.57. The van der Waals surface area contributed by atoms with Gasteiger partial charge in [0.1, 0.15) is 0 Å². The van der Waals surface area contributed by atoms with Crippen LogP contribution >= 0.6 is 11.6 Å². The van der Waals surface area contributed by atoms with Gasteiger partial charge in [-0.1, -0.05) is 41.9 Å². The molecular weight excluding hydrogens is 382 g/mol. The lowest BCUT2D eigenvalue weighted by Gasteiger charge is -2.47. The van der Waals surface area contributed by atoms with Crippen LogP contribution in [-0.2, 0) is 6.54 Å². The molecule has 0 amide bonds. The van der Waals surface area contributed by atoms with E-state index in [0.29, 0.717) is 12.1 Å². The number of halogens is 1. The quantitative estimate of drug-likeness (QED) is 0.778. The Hall–Kier alpha value is -1.59.